The monoisotopic (exact) mass is 442 g/mol. The van der Waals surface area contributed by atoms with E-state index in [1.165, 1.54) is 18.0 Å². The van der Waals surface area contributed by atoms with E-state index < -0.39 is 5.72 Å². The van der Waals surface area contributed by atoms with Gasteiger partial charge in [0.05, 0.1) is 11.8 Å². The van der Waals surface area contributed by atoms with Gasteiger partial charge in [0, 0.05) is 28.3 Å². The van der Waals surface area contributed by atoms with Crippen LogP contribution in [0.5, 0.6) is 0 Å². The van der Waals surface area contributed by atoms with Crippen LogP contribution in [-0.2, 0) is 7.05 Å². The molecule has 3 rings (SSSR count). The second-order valence-corrected chi connectivity index (χ2v) is 7.61. The zero-order valence-electron chi connectivity index (χ0n) is 12.6. The molecule has 1 saturated heterocycles. The zero-order chi connectivity index (χ0) is 16.6. The van der Waals surface area contributed by atoms with Crippen molar-refractivity contribution in [3.05, 3.63) is 45.8 Å². The average Bonchev–Trinajstić information content (AvgIpc) is 3.04. The summed E-state index contributed by atoms with van der Waals surface area (Å²) in [6.45, 7) is 1.72. The molecule has 1 aliphatic rings. The molecular weight excluding hydrogens is 427 g/mol. The minimum Gasteiger partial charge on any atom is -0.370 e. The third-order valence-electron chi connectivity index (χ3n) is 3.38. The zero-order valence-corrected chi connectivity index (χ0v) is 15.6. The topological polar surface area (TPSA) is 70.7 Å². The van der Waals surface area contributed by atoms with Gasteiger partial charge in [-0.1, -0.05) is 11.8 Å². The first-order chi connectivity index (χ1) is 10.9. The highest BCUT2D eigenvalue weighted by molar-refractivity contribution is 14.1. The third kappa shape index (κ3) is 3.43. The SMILES string of the molecule is Cn1cc(C(=O)N=C2SCC(C)(O)N2c2ccc(I)cc2)cn1. The van der Waals surface area contributed by atoms with Crippen LogP contribution in [0.15, 0.2) is 41.7 Å². The number of amides is 1. The van der Waals surface area contributed by atoms with Crippen LogP contribution in [0.1, 0.15) is 17.3 Å². The van der Waals surface area contributed by atoms with Crippen LogP contribution in [0.3, 0.4) is 0 Å². The first-order valence-electron chi connectivity index (χ1n) is 6.89. The van der Waals surface area contributed by atoms with Gasteiger partial charge in [-0.05, 0) is 53.8 Å². The van der Waals surface area contributed by atoms with Crippen LogP contribution in [0.25, 0.3) is 0 Å². The van der Waals surface area contributed by atoms with E-state index in [1.54, 1.807) is 29.7 Å². The molecule has 8 heteroatoms. The Bertz CT molecular complexity index is 770. The largest absolute Gasteiger partial charge is 0.370 e. The molecule has 1 atom stereocenters. The van der Waals surface area contributed by atoms with E-state index in [2.05, 4.69) is 32.7 Å². The molecule has 0 radical (unpaired) electrons. The van der Waals surface area contributed by atoms with Crippen molar-refractivity contribution in [1.29, 1.82) is 0 Å². The van der Waals surface area contributed by atoms with E-state index in [4.69, 9.17) is 0 Å². The molecule has 1 aliphatic heterocycles. The molecule has 2 aromatic rings. The molecule has 23 heavy (non-hydrogen) atoms. The molecule has 1 amide bonds. The number of aromatic nitrogens is 2. The number of carbonyl (C=O) groups is 1. The molecule has 0 spiro atoms. The lowest BCUT2D eigenvalue weighted by molar-refractivity contribution is 0.0983. The van der Waals surface area contributed by atoms with Crippen molar-refractivity contribution in [1.82, 2.24) is 9.78 Å². The molecular formula is C15H15IN4O2S. The van der Waals surface area contributed by atoms with E-state index in [0.717, 1.165) is 9.26 Å². The molecule has 1 aromatic carbocycles. The standard InChI is InChI=1S/C15H15IN4O2S/c1-15(22)9-23-14(18-13(21)10-7-17-19(2)8-10)20(15)12-5-3-11(16)4-6-12/h3-8,22H,9H2,1-2H3. The highest BCUT2D eigenvalue weighted by atomic mass is 127. The first-order valence-corrected chi connectivity index (χ1v) is 8.96. The van der Waals surface area contributed by atoms with Gasteiger partial charge in [-0.25, -0.2) is 0 Å². The molecule has 6 nitrogen and oxygen atoms in total. The number of carbonyl (C=O) groups excluding carboxylic acids is 1. The van der Waals surface area contributed by atoms with Crippen molar-refractivity contribution in [3.63, 3.8) is 0 Å². The summed E-state index contributed by atoms with van der Waals surface area (Å²) in [6.07, 6.45) is 3.11. The van der Waals surface area contributed by atoms with Crippen LogP contribution in [0, 0.1) is 3.57 Å². The van der Waals surface area contributed by atoms with Crippen molar-refractivity contribution >= 4 is 51.1 Å². The molecule has 0 bridgehead atoms. The minimum atomic E-state index is -1.09. The maximum atomic E-state index is 12.3. The van der Waals surface area contributed by atoms with Crippen molar-refractivity contribution in [2.75, 3.05) is 10.7 Å². The highest BCUT2D eigenvalue weighted by Gasteiger charge is 2.40. The molecule has 0 saturated carbocycles. The van der Waals surface area contributed by atoms with Gasteiger partial charge in [-0.15, -0.1) is 0 Å². The Morgan fingerprint density at radius 2 is 2.13 bits per heavy atom. The van der Waals surface area contributed by atoms with Gasteiger partial charge in [0.25, 0.3) is 5.91 Å². The van der Waals surface area contributed by atoms with Gasteiger partial charge in [0.2, 0.25) is 0 Å². The molecule has 1 unspecified atom stereocenters. The fraction of sp³-hybridized carbons (Fsp3) is 0.267. The summed E-state index contributed by atoms with van der Waals surface area (Å²) in [7, 11) is 1.75. The van der Waals surface area contributed by atoms with Gasteiger partial charge < -0.3 is 5.11 Å². The van der Waals surface area contributed by atoms with Crippen LogP contribution in [-0.4, -0.2) is 37.4 Å². The fourth-order valence-corrected chi connectivity index (χ4v) is 3.75. The number of rotatable bonds is 2. The maximum absolute atomic E-state index is 12.3. The lowest BCUT2D eigenvalue weighted by Crippen LogP contribution is -2.45. The third-order valence-corrected chi connectivity index (χ3v) is 5.32. The predicted molar refractivity (Wildman–Crippen MR) is 99.7 cm³/mol. The van der Waals surface area contributed by atoms with E-state index in [9.17, 15) is 9.90 Å². The Labute approximate surface area is 151 Å². The smallest absolute Gasteiger partial charge is 0.282 e. The van der Waals surface area contributed by atoms with Crippen LogP contribution < -0.4 is 4.90 Å². The van der Waals surface area contributed by atoms with Crippen LogP contribution in [0.2, 0.25) is 0 Å². The predicted octanol–water partition coefficient (Wildman–Crippen LogP) is 2.48. The number of hydrogen-bond donors (Lipinski definition) is 1. The van der Waals surface area contributed by atoms with Crippen molar-refractivity contribution in [2.45, 2.75) is 12.6 Å². The minimum absolute atomic E-state index is 0.367. The number of anilines is 1. The van der Waals surface area contributed by atoms with Gasteiger partial charge >= 0.3 is 0 Å². The maximum Gasteiger partial charge on any atom is 0.282 e. The van der Waals surface area contributed by atoms with Gasteiger partial charge in [-0.2, -0.15) is 10.1 Å². The number of amidine groups is 1. The van der Waals surface area contributed by atoms with Crippen molar-refractivity contribution < 1.29 is 9.90 Å². The van der Waals surface area contributed by atoms with E-state index >= 15 is 0 Å². The highest BCUT2D eigenvalue weighted by Crippen LogP contribution is 2.36. The summed E-state index contributed by atoms with van der Waals surface area (Å²) in [4.78, 5) is 18.2. The second-order valence-electron chi connectivity index (χ2n) is 5.42. The molecule has 1 N–H and O–H groups in total. The van der Waals surface area contributed by atoms with E-state index in [1.807, 2.05) is 24.3 Å². The lowest BCUT2D eigenvalue weighted by Gasteiger charge is -2.30. The Balaban J connectivity index is 1.95. The number of thioether (sulfide) groups is 1. The summed E-state index contributed by atoms with van der Waals surface area (Å²) in [6, 6.07) is 7.73. The molecule has 1 fully saturated rings. The van der Waals surface area contributed by atoms with Crippen molar-refractivity contribution in [3.8, 4) is 0 Å². The number of benzene rings is 1. The number of nitrogens with zero attached hydrogens (tertiary/aromatic N) is 4. The molecule has 120 valence electrons. The Morgan fingerprint density at radius 1 is 1.43 bits per heavy atom. The average molecular weight is 442 g/mol. The Kier molecular flexibility index (Phi) is 4.47. The number of hydrogen-bond acceptors (Lipinski definition) is 4. The Hall–Kier alpha value is -1.39. The van der Waals surface area contributed by atoms with Crippen LogP contribution in [0.4, 0.5) is 5.69 Å². The summed E-state index contributed by atoms with van der Waals surface area (Å²) in [5.41, 5.74) is 0.138. The van der Waals surface area contributed by atoms with E-state index in [0.29, 0.717) is 16.5 Å². The fourth-order valence-electron chi connectivity index (χ4n) is 2.28. The normalized spacial score (nSPS) is 22.8. The molecule has 0 aliphatic carbocycles. The summed E-state index contributed by atoms with van der Waals surface area (Å²) >= 11 is 3.59. The Morgan fingerprint density at radius 3 is 2.74 bits per heavy atom. The van der Waals surface area contributed by atoms with Gasteiger partial charge in [0.1, 0.15) is 0 Å². The first kappa shape index (κ1) is 16.5. The van der Waals surface area contributed by atoms with E-state index in [-0.39, 0.29) is 5.91 Å². The molecule has 2 heterocycles. The van der Waals surface area contributed by atoms with Gasteiger partial charge in [-0.3, -0.25) is 14.4 Å². The number of halogens is 1. The quantitative estimate of drug-likeness (QED) is 0.724. The summed E-state index contributed by atoms with van der Waals surface area (Å²) in [5.74, 6) is 0.0758. The number of aryl methyl sites for hydroxylation is 1. The van der Waals surface area contributed by atoms with Crippen molar-refractivity contribution in [2.24, 2.45) is 12.0 Å². The second kappa shape index (κ2) is 6.25. The summed E-state index contributed by atoms with van der Waals surface area (Å²) in [5, 5.41) is 15.1. The summed E-state index contributed by atoms with van der Waals surface area (Å²) < 4.78 is 2.66. The number of aliphatic imine (C=N–C) groups is 1. The lowest BCUT2D eigenvalue weighted by atomic mass is 10.2. The van der Waals surface area contributed by atoms with Crippen LogP contribution >= 0.6 is 34.4 Å². The molecule has 1 aromatic heterocycles. The number of aliphatic hydroxyl groups is 1. The van der Waals surface area contributed by atoms with Gasteiger partial charge in [0.15, 0.2) is 10.9 Å².